The monoisotopic (exact) mass is 510 g/mol. The number of benzene rings is 7. The molecule has 0 spiro atoms. The topological polar surface area (TPSA) is 0 Å². The van der Waals surface area contributed by atoms with Gasteiger partial charge in [0.1, 0.15) is 0 Å². The molecule has 0 bridgehead atoms. The minimum atomic E-state index is -1.47. The molecule has 0 atom stereocenters. The Morgan fingerprint density at radius 2 is 0.897 bits per heavy atom. The Labute approximate surface area is 223 Å². The van der Waals surface area contributed by atoms with Crippen LogP contribution in [0.2, 0.25) is 0 Å². The van der Waals surface area contributed by atoms with Gasteiger partial charge in [0, 0.05) is 0 Å². The summed E-state index contributed by atoms with van der Waals surface area (Å²) in [6, 6.07) is 41.0. The zero-order valence-corrected chi connectivity index (χ0v) is 20.8. The van der Waals surface area contributed by atoms with Gasteiger partial charge in [-0.25, -0.2) is 13.2 Å². The summed E-state index contributed by atoms with van der Waals surface area (Å²) in [5, 5.41) is 5.84. The molecule has 0 fully saturated rings. The first-order valence-corrected chi connectivity index (χ1v) is 12.8. The smallest absolute Gasteiger partial charge is 0.194 e. The first-order chi connectivity index (χ1) is 19.1. The van der Waals surface area contributed by atoms with Crippen LogP contribution in [0.15, 0.2) is 127 Å². The van der Waals surface area contributed by atoms with Crippen molar-refractivity contribution >= 4 is 32.3 Å². The Morgan fingerprint density at radius 1 is 0.333 bits per heavy atom. The van der Waals surface area contributed by atoms with Gasteiger partial charge in [-0.3, -0.25) is 0 Å². The van der Waals surface area contributed by atoms with E-state index in [-0.39, 0.29) is 0 Å². The highest BCUT2D eigenvalue weighted by molar-refractivity contribution is 6.22. The molecule has 0 radical (unpaired) electrons. The summed E-state index contributed by atoms with van der Waals surface area (Å²) >= 11 is 0. The second-order valence-corrected chi connectivity index (χ2v) is 9.74. The van der Waals surface area contributed by atoms with Crippen molar-refractivity contribution in [2.75, 3.05) is 0 Å². The van der Waals surface area contributed by atoms with Crippen molar-refractivity contribution in [3.8, 4) is 33.4 Å². The van der Waals surface area contributed by atoms with Gasteiger partial charge in [0.2, 0.25) is 0 Å². The summed E-state index contributed by atoms with van der Waals surface area (Å²) in [4.78, 5) is 0. The van der Waals surface area contributed by atoms with Gasteiger partial charge in [0.05, 0.1) is 0 Å². The molecule has 0 amide bonds. The van der Waals surface area contributed by atoms with E-state index < -0.39 is 17.5 Å². The van der Waals surface area contributed by atoms with Crippen molar-refractivity contribution in [1.82, 2.24) is 0 Å². The van der Waals surface area contributed by atoms with E-state index in [0.717, 1.165) is 66.7 Å². The summed E-state index contributed by atoms with van der Waals surface area (Å²) in [5.41, 5.74) is 5.15. The standard InChI is InChI=1S/C36H21F3/c37-32-20-27(21-33(38)36(32)39)35-29-13-7-6-12-28(29)34(26-15-14-23-10-4-5-11-24(23)18-26)31-19-25(16-17-30(31)35)22-8-2-1-3-9-22/h1-21H. The van der Waals surface area contributed by atoms with Crippen LogP contribution in [0.4, 0.5) is 13.2 Å². The van der Waals surface area contributed by atoms with Gasteiger partial charge in [-0.1, -0.05) is 103 Å². The first kappa shape index (κ1) is 23.2. The highest BCUT2D eigenvalue weighted by Gasteiger charge is 2.20. The fourth-order valence-electron chi connectivity index (χ4n) is 5.66. The van der Waals surface area contributed by atoms with E-state index in [1.807, 2.05) is 66.7 Å². The van der Waals surface area contributed by atoms with Crippen LogP contribution < -0.4 is 0 Å². The second kappa shape index (κ2) is 9.14. The molecule has 3 heteroatoms. The lowest BCUT2D eigenvalue weighted by Gasteiger charge is -2.19. The molecule has 0 aliphatic carbocycles. The Morgan fingerprint density at radius 3 is 1.62 bits per heavy atom. The van der Waals surface area contributed by atoms with E-state index in [4.69, 9.17) is 0 Å². The van der Waals surface area contributed by atoms with Gasteiger partial charge in [0.15, 0.2) is 17.5 Å². The number of hydrogen-bond acceptors (Lipinski definition) is 0. The van der Waals surface area contributed by atoms with Crippen LogP contribution in [0.5, 0.6) is 0 Å². The van der Waals surface area contributed by atoms with E-state index in [1.165, 1.54) is 0 Å². The molecule has 0 saturated heterocycles. The lowest BCUT2D eigenvalue weighted by atomic mass is 9.84. The molecule has 0 nitrogen and oxygen atoms in total. The molecule has 7 rings (SSSR count). The molecular weight excluding hydrogens is 489 g/mol. The second-order valence-electron chi connectivity index (χ2n) is 9.74. The predicted molar refractivity (Wildman–Crippen MR) is 155 cm³/mol. The number of fused-ring (bicyclic) bond motifs is 3. The molecule has 186 valence electrons. The first-order valence-electron chi connectivity index (χ1n) is 12.8. The number of halogens is 3. The van der Waals surface area contributed by atoms with Crippen LogP contribution in [0.3, 0.4) is 0 Å². The molecule has 7 aromatic carbocycles. The van der Waals surface area contributed by atoms with Crippen molar-refractivity contribution in [2.24, 2.45) is 0 Å². The molecule has 0 heterocycles. The Hall–Kier alpha value is -4.89. The van der Waals surface area contributed by atoms with Gasteiger partial charge in [-0.2, -0.15) is 0 Å². The maximum atomic E-state index is 14.5. The third-order valence-electron chi connectivity index (χ3n) is 7.44. The third-order valence-corrected chi connectivity index (χ3v) is 7.44. The lowest BCUT2D eigenvalue weighted by molar-refractivity contribution is 0.448. The van der Waals surface area contributed by atoms with Crippen LogP contribution in [0.1, 0.15) is 0 Å². The molecule has 0 aliphatic rings. The van der Waals surface area contributed by atoms with Crippen LogP contribution >= 0.6 is 0 Å². The highest BCUT2D eigenvalue weighted by Crippen LogP contribution is 2.45. The van der Waals surface area contributed by atoms with E-state index in [2.05, 4.69) is 48.5 Å². The molecule has 0 aliphatic heterocycles. The SMILES string of the molecule is Fc1cc(-c2c3ccccc3c(-c3ccc4ccccc4c3)c3cc(-c4ccccc4)ccc23)cc(F)c1F. The molecule has 0 N–H and O–H groups in total. The fourth-order valence-corrected chi connectivity index (χ4v) is 5.66. The van der Waals surface area contributed by atoms with Gasteiger partial charge < -0.3 is 0 Å². The van der Waals surface area contributed by atoms with E-state index >= 15 is 0 Å². The Kier molecular flexibility index (Phi) is 5.45. The van der Waals surface area contributed by atoms with Crippen LogP contribution in [-0.2, 0) is 0 Å². The summed E-state index contributed by atoms with van der Waals surface area (Å²) < 4.78 is 42.9. The van der Waals surface area contributed by atoms with Gasteiger partial charge >= 0.3 is 0 Å². The fraction of sp³-hybridized carbons (Fsp3) is 0. The molecule has 0 saturated carbocycles. The summed E-state index contributed by atoms with van der Waals surface area (Å²) in [6.45, 7) is 0. The van der Waals surface area contributed by atoms with Crippen molar-refractivity contribution in [2.45, 2.75) is 0 Å². The van der Waals surface area contributed by atoms with E-state index in [9.17, 15) is 13.2 Å². The number of hydrogen-bond donors (Lipinski definition) is 0. The third kappa shape index (κ3) is 3.86. The van der Waals surface area contributed by atoms with Crippen molar-refractivity contribution < 1.29 is 13.2 Å². The number of rotatable bonds is 3. The van der Waals surface area contributed by atoms with Crippen molar-refractivity contribution in [3.05, 3.63) is 145 Å². The minimum absolute atomic E-state index is 0.296. The average molecular weight is 511 g/mol. The maximum absolute atomic E-state index is 14.5. The quantitative estimate of drug-likeness (QED) is 0.164. The van der Waals surface area contributed by atoms with Crippen molar-refractivity contribution in [1.29, 1.82) is 0 Å². The van der Waals surface area contributed by atoms with Crippen LogP contribution in [0.25, 0.3) is 65.7 Å². The molecule has 0 unspecified atom stereocenters. The average Bonchev–Trinajstić information content (AvgIpc) is 2.98. The zero-order chi connectivity index (χ0) is 26.5. The van der Waals surface area contributed by atoms with E-state index in [0.29, 0.717) is 11.1 Å². The normalized spacial score (nSPS) is 11.5. The summed E-state index contributed by atoms with van der Waals surface area (Å²) in [6.07, 6.45) is 0. The highest BCUT2D eigenvalue weighted by atomic mass is 19.2. The van der Waals surface area contributed by atoms with E-state index in [1.54, 1.807) is 0 Å². The predicted octanol–water partition coefficient (Wildman–Crippen LogP) is 10.6. The zero-order valence-electron chi connectivity index (χ0n) is 20.8. The molecule has 7 aromatic rings. The molecular formula is C36H21F3. The summed E-state index contributed by atoms with van der Waals surface area (Å²) in [5.74, 6) is -3.88. The lowest BCUT2D eigenvalue weighted by Crippen LogP contribution is -1.95. The Balaban J connectivity index is 1.64. The Bertz CT molecular complexity index is 2020. The van der Waals surface area contributed by atoms with Crippen LogP contribution in [0, 0.1) is 17.5 Å². The van der Waals surface area contributed by atoms with Gasteiger partial charge in [0.25, 0.3) is 0 Å². The molecule has 0 aromatic heterocycles. The maximum Gasteiger partial charge on any atom is 0.194 e. The van der Waals surface area contributed by atoms with Gasteiger partial charge in [-0.05, 0) is 90.0 Å². The van der Waals surface area contributed by atoms with Gasteiger partial charge in [-0.15, -0.1) is 0 Å². The van der Waals surface area contributed by atoms with Crippen LogP contribution in [-0.4, -0.2) is 0 Å². The minimum Gasteiger partial charge on any atom is -0.204 e. The summed E-state index contributed by atoms with van der Waals surface area (Å²) in [7, 11) is 0. The largest absolute Gasteiger partial charge is 0.204 e. The van der Waals surface area contributed by atoms with Crippen molar-refractivity contribution in [3.63, 3.8) is 0 Å². The molecule has 39 heavy (non-hydrogen) atoms.